The quantitative estimate of drug-likeness (QED) is 0.752. The van der Waals surface area contributed by atoms with Crippen LogP contribution in [0.2, 0.25) is 0 Å². The van der Waals surface area contributed by atoms with E-state index < -0.39 is 0 Å². The summed E-state index contributed by atoms with van der Waals surface area (Å²) in [6.45, 7) is 8.99. The molecule has 2 N–H and O–H groups in total. The average molecular weight is 185 g/mol. The van der Waals surface area contributed by atoms with Crippen LogP contribution in [0.4, 0.5) is 0 Å². The van der Waals surface area contributed by atoms with Crippen molar-refractivity contribution >= 4 is 11.3 Å². The predicted molar refractivity (Wildman–Crippen MR) is 57.7 cm³/mol. The van der Waals surface area contributed by atoms with Crippen LogP contribution in [0.3, 0.4) is 0 Å². The van der Waals surface area contributed by atoms with Gasteiger partial charge in [0.15, 0.2) is 0 Å². The average Bonchev–Trinajstić information content (AvgIpc) is 2.49. The van der Waals surface area contributed by atoms with Crippen LogP contribution in [0, 0.1) is 6.92 Å². The largest absolute Gasteiger partial charge is 0.326 e. The summed E-state index contributed by atoms with van der Waals surface area (Å²) in [5, 5.41) is 0. The van der Waals surface area contributed by atoms with Gasteiger partial charge in [-0.1, -0.05) is 20.8 Å². The van der Waals surface area contributed by atoms with E-state index in [1.807, 2.05) is 25.2 Å². The molecule has 0 saturated heterocycles. The number of aryl methyl sites for hydroxylation is 2. The SMILES string of the molecule is CC.CCc1cc(C)sc1CN. The Morgan fingerprint density at radius 2 is 2.00 bits per heavy atom. The highest BCUT2D eigenvalue weighted by Crippen LogP contribution is 2.21. The molecule has 0 bridgehead atoms. The number of thiophene rings is 1. The standard InChI is InChI=1S/C8H13NS.C2H6/c1-3-7-4-6(2)10-8(7)5-9;1-2/h4H,3,5,9H2,1-2H3;1-2H3. The van der Waals surface area contributed by atoms with Gasteiger partial charge in [-0.2, -0.15) is 0 Å². The Morgan fingerprint density at radius 3 is 2.33 bits per heavy atom. The van der Waals surface area contributed by atoms with E-state index in [1.54, 1.807) is 0 Å². The molecule has 0 atom stereocenters. The number of nitrogens with two attached hydrogens (primary N) is 1. The Labute approximate surface area is 79.6 Å². The molecule has 0 spiro atoms. The highest BCUT2D eigenvalue weighted by atomic mass is 32.1. The van der Waals surface area contributed by atoms with Crippen LogP contribution >= 0.6 is 11.3 Å². The van der Waals surface area contributed by atoms with Crippen LogP contribution < -0.4 is 5.73 Å². The second-order valence-corrected chi connectivity index (χ2v) is 3.70. The minimum atomic E-state index is 0.696. The molecule has 12 heavy (non-hydrogen) atoms. The van der Waals surface area contributed by atoms with Crippen molar-refractivity contribution in [3.8, 4) is 0 Å². The molecule has 0 saturated carbocycles. The van der Waals surface area contributed by atoms with E-state index in [0.29, 0.717) is 6.54 Å². The minimum absolute atomic E-state index is 0.696. The second kappa shape index (κ2) is 6.21. The summed E-state index contributed by atoms with van der Waals surface area (Å²) in [6, 6.07) is 2.23. The zero-order valence-corrected chi connectivity index (χ0v) is 9.29. The maximum absolute atomic E-state index is 5.55. The van der Waals surface area contributed by atoms with Gasteiger partial charge in [0.1, 0.15) is 0 Å². The van der Waals surface area contributed by atoms with E-state index in [-0.39, 0.29) is 0 Å². The molecular weight excluding hydrogens is 166 g/mol. The van der Waals surface area contributed by atoms with Crippen molar-refractivity contribution in [1.82, 2.24) is 0 Å². The Balaban J connectivity index is 0.000000561. The molecule has 1 nitrogen and oxygen atoms in total. The molecule has 0 aliphatic rings. The van der Waals surface area contributed by atoms with E-state index in [1.165, 1.54) is 15.3 Å². The van der Waals surface area contributed by atoms with Gasteiger partial charge in [0, 0.05) is 16.3 Å². The van der Waals surface area contributed by atoms with E-state index in [4.69, 9.17) is 5.73 Å². The van der Waals surface area contributed by atoms with Crippen LogP contribution in [-0.4, -0.2) is 0 Å². The minimum Gasteiger partial charge on any atom is -0.326 e. The lowest BCUT2D eigenvalue weighted by Gasteiger charge is -1.93. The molecule has 0 unspecified atom stereocenters. The van der Waals surface area contributed by atoms with Gasteiger partial charge in [-0.15, -0.1) is 11.3 Å². The predicted octanol–water partition coefficient (Wildman–Crippen LogP) is 3.10. The molecule has 0 radical (unpaired) electrons. The van der Waals surface area contributed by atoms with Gasteiger partial charge in [-0.05, 0) is 25.0 Å². The van der Waals surface area contributed by atoms with Crippen molar-refractivity contribution in [2.45, 2.75) is 40.7 Å². The lowest BCUT2D eigenvalue weighted by atomic mass is 10.2. The van der Waals surface area contributed by atoms with Crippen molar-refractivity contribution in [3.05, 3.63) is 21.4 Å². The van der Waals surface area contributed by atoms with Gasteiger partial charge in [-0.25, -0.2) is 0 Å². The first-order valence-corrected chi connectivity index (χ1v) is 5.37. The molecule has 0 aliphatic carbocycles. The van der Waals surface area contributed by atoms with E-state index in [9.17, 15) is 0 Å². The first-order valence-electron chi connectivity index (χ1n) is 4.56. The molecular formula is C10H19NS. The molecule has 1 aromatic heterocycles. The normalized spacial score (nSPS) is 9.08. The molecule has 0 aromatic carbocycles. The van der Waals surface area contributed by atoms with Crippen molar-refractivity contribution in [2.75, 3.05) is 0 Å². The molecule has 1 aromatic rings. The number of hydrogen-bond acceptors (Lipinski definition) is 2. The lowest BCUT2D eigenvalue weighted by Crippen LogP contribution is -1.95. The fourth-order valence-corrected chi connectivity index (χ4v) is 2.09. The van der Waals surface area contributed by atoms with Crippen molar-refractivity contribution in [1.29, 1.82) is 0 Å². The summed E-state index contributed by atoms with van der Waals surface area (Å²) in [4.78, 5) is 2.72. The number of rotatable bonds is 2. The molecule has 70 valence electrons. The van der Waals surface area contributed by atoms with Crippen LogP contribution in [0.5, 0.6) is 0 Å². The van der Waals surface area contributed by atoms with Crippen LogP contribution in [0.15, 0.2) is 6.07 Å². The summed E-state index contributed by atoms with van der Waals surface area (Å²) in [5.74, 6) is 0. The van der Waals surface area contributed by atoms with Gasteiger partial charge >= 0.3 is 0 Å². The number of hydrogen-bond donors (Lipinski definition) is 1. The Hall–Kier alpha value is -0.340. The summed E-state index contributed by atoms with van der Waals surface area (Å²) in [6.07, 6.45) is 1.11. The van der Waals surface area contributed by atoms with Gasteiger partial charge in [0.2, 0.25) is 0 Å². The summed E-state index contributed by atoms with van der Waals surface area (Å²) >= 11 is 1.81. The van der Waals surface area contributed by atoms with Crippen LogP contribution in [-0.2, 0) is 13.0 Å². The molecule has 1 heterocycles. The first-order chi connectivity index (χ1) is 5.77. The second-order valence-electron chi connectivity index (χ2n) is 2.36. The molecule has 2 heteroatoms. The van der Waals surface area contributed by atoms with Gasteiger partial charge in [0.05, 0.1) is 0 Å². The smallest absolute Gasteiger partial charge is 0.0276 e. The molecule has 1 rings (SSSR count). The lowest BCUT2D eigenvalue weighted by molar-refractivity contribution is 1.04. The molecule has 0 fully saturated rings. The molecule has 0 amide bonds. The summed E-state index contributed by atoms with van der Waals surface area (Å²) in [7, 11) is 0. The zero-order valence-electron chi connectivity index (χ0n) is 8.48. The van der Waals surface area contributed by atoms with Gasteiger partial charge < -0.3 is 5.73 Å². The Morgan fingerprint density at radius 1 is 1.42 bits per heavy atom. The topological polar surface area (TPSA) is 26.0 Å². The zero-order chi connectivity index (χ0) is 9.56. The van der Waals surface area contributed by atoms with E-state index in [0.717, 1.165) is 6.42 Å². The van der Waals surface area contributed by atoms with Crippen molar-refractivity contribution < 1.29 is 0 Å². The summed E-state index contributed by atoms with van der Waals surface area (Å²) in [5.41, 5.74) is 6.97. The third-order valence-electron chi connectivity index (χ3n) is 1.59. The fourth-order valence-electron chi connectivity index (χ4n) is 1.09. The van der Waals surface area contributed by atoms with Crippen LogP contribution in [0.1, 0.15) is 36.1 Å². The van der Waals surface area contributed by atoms with E-state index in [2.05, 4.69) is 19.9 Å². The van der Waals surface area contributed by atoms with Crippen molar-refractivity contribution in [3.63, 3.8) is 0 Å². The molecule has 0 aliphatic heterocycles. The highest BCUT2D eigenvalue weighted by molar-refractivity contribution is 7.12. The maximum atomic E-state index is 5.55. The fraction of sp³-hybridized carbons (Fsp3) is 0.600. The summed E-state index contributed by atoms with van der Waals surface area (Å²) < 4.78 is 0. The van der Waals surface area contributed by atoms with Crippen LogP contribution in [0.25, 0.3) is 0 Å². The first kappa shape index (κ1) is 11.7. The third kappa shape index (κ3) is 2.95. The van der Waals surface area contributed by atoms with E-state index >= 15 is 0 Å². The van der Waals surface area contributed by atoms with Gasteiger partial charge in [0.25, 0.3) is 0 Å². The Kier molecular flexibility index (Phi) is 6.03. The maximum Gasteiger partial charge on any atom is 0.0276 e. The van der Waals surface area contributed by atoms with Crippen molar-refractivity contribution in [2.24, 2.45) is 5.73 Å². The highest BCUT2D eigenvalue weighted by Gasteiger charge is 2.01. The monoisotopic (exact) mass is 185 g/mol. The Bertz CT molecular complexity index is 194. The third-order valence-corrected chi connectivity index (χ3v) is 2.70. The van der Waals surface area contributed by atoms with Gasteiger partial charge in [-0.3, -0.25) is 0 Å².